The van der Waals surface area contributed by atoms with Crippen LogP contribution in [0.3, 0.4) is 0 Å². The van der Waals surface area contributed by atoms with E-state index in [1.54, 1.807) is 24.2 Å². The van der Waals surface area contributed by atoms with Crippen molar-refractivity contribution in [1.82, 2.24) is 14.8 Å². The summed E-state index contributed by atoms with van der Waals surface area (Å²) in [6.45, 7) is 6.20. The minimum absolute atomic E-state index is 0. The molecule has 0 unspecified atom stereocenters. The number of ether oxygens (including phenoxy) is 2. The maximum Gasteiger partial charge on any atom is 0.246 e. The van der Waals surface area contributed by atoms with Crippen LogP contribution in [-0.4, -0.2) is 60.5 Å². The number of fused-ring (bicyclic) bond motifs is 1. The highest BCUT2D eigenvalue weighted by atomic mass is 35.5. The summed E-state index contributed by atoms with van der Waals surface area (Å²) in [5, 5.41) is 2.81. The lowest BCUT2D eigenvalue weighted by Crippen LogP contribution is -2.26. The number of anilines is 1. The summed E-state index contributed by atoms with van der Waals surface area (Å²) < 4.78 is 11.5. The summed E-state index contributed by atoms with van der Waals surface area (Å²) in [5.74, 6) is 1.68. The number of rotatable bonds is 8. The van der Waals surface area contributed by atoms with E-state index >= 15 is 0 Å². The van der Waals surface area contributed by atoms with Gasteiger partial charge in [-0.15, -0.1) is 12.4 Å². The van der Waals surface area contributed by atoms with E-state index in [2.05, 4.69) is 10.3 Å². The Morgan fingerprint density at radius 3 is 2.73 bits per heavy atom. The molecule has 1 aliphatic heterocycles. The Bertz CT molecular complexity index is 1010. The molecule has 0 aliphatic carbocycles. The van der Waals surface area contributed by atoms with Crippen LogP contribution in [0.1, 0.15) is 30.5 Å². The van der Waals surface area contributed by atoms with Gasteiger partial charge >= 0.3 is 0 Å². The number of pyridine rings is 1. The zero-order chi connectivity index (χ0) is 23.1. The van der Waals surface area contributed by atoms with Crippen molar-refractivity contribution in [2.75, 3.05) is 39.2 Å². The normalized spacial score (nSPS) is 13.5. The van der Waals surface area contributed by atoms with Crippen molar-refractivity contribution in [2.45, 2.75) is 26.9 Å². The molecule has 1 aliphatic rings. The summed E-state index contributed by atoms with van der Waals surface area (Å²) >= 11 is 0. The van der Waals surface area contributed by atoms with Gasteiger partial charge in [0.2, 0.25) is 11.8 Å². The molecule has 8 nitrogen and oxygen atoms in total. The van der Waals surface area contributed by atoms with Gasteiger partial charge in [-0.05, 0) is 44.7 Å². The molecule has 0 bridgehead atoms. The van der Waals surface area contributed by atoms with Gasteiger partial charge in [0.05, 0.1) is 19.8 Å². The molecule has 2 heterocycles. The van der Waals surface area contributed by atoms with Crippen LogP contribution in [0.25, 0.3) is 6.08 Å². The zero-order valence-electron chi connectivity index (χ0n) is 19.5. The van der Waals surface area contributed by atoms with Crippen LogP contribution >= 0.6 is 12.4 Å². The summed E-state index contributed by atoms with van der Waals surface area (Å²) in [7, 11) is 3.63. The van der Waals surface area contributed by atoms with Crippen LogP contribution < -0.4 is 14.8 Å². The van der Waals surface area contributed by atoms with E-state index < -0.39 is 0 Å². The van der Waals surface area contributed by atoms with Crippen LogP contribution in [0, 0.1) is 0 Å². The van der Waals surface area contributed by atoms with Gasteiger partial charge in [-0.3, -0.25) is 14.5 Å². The van der Waals surface area contributed by atoms with Gasteiger partial charge in [-0.1, -0.05) is 12.1 Å². The molecule has 178 valence electrons. The fraction of sp³-hybridized carbons (Fsp3) is 0.375. The number of hydrogen-bond donors (Lipinski definition) is 1. The molecular formula is C24H31ClN4O4. The molecule has 1 N–H and O–H groups in total. The van der Waals surface area contributed by atoms with Crippen LogP contribution in [-0.2, 0) is 22.7 Å². The van der Waals surface area contributed by atoms with Gasteiger partial charge in [-0.25, -0.2) is 4.98 Å². The van der Waals surface area contributed by atoms with Crippen molar-refractivity contribution < 1.29 is 19.1 Å². The molecule has 2 aromatic rings. The van der Waals surface area contributed by atoms with Crippen LogP contribution in [0.15, 0.2) is 36.5 Å². The van der Waals surface area contributed by atoms with E-state index in [9.17, 15) is 9.59 Å². The van der Waals surface area contributed by atoms with E-state index in [1.807, 2.05) is 50.1 Å². The van der Waals surface area contributed by atoms with Crippen molar-refractivity contribution in [1.29, 1.82) is 0 Å². The van der Waals surface area contributed by atoms with Crippen LogP contribution in [0.2, 0.25) is 0 Å². The zero-order valence-corrected chi connectivity index (χ0v) is 20.3. The molecule has 9 heteroatoms. The number of carbonyl (C=O) groups is 2. The standard InChI is InChI=1S/C24H30N4O4.ClH/c1-5-31-20-9-7-8-18(23(20)32-6-2)15-28(4)22(30)11-10-17-12-19-14-27(3)16-21(29)26-24(19)25-13-17;/h7-13H,5-6,14-16H2,1-4H3,(H,25,26,29);1H/b11-10+;. The highest BCUT2D eigenvalue weighted by molar-refractivity contribution is 5.93. The number of carbonyl (C=O) groups excluding carboxylic acids is 2. The van der Waals surface area contributed by atoms with Gasteiger partial charge in [0.25, 0.3) is 0 Å². The first-order valence-corrected chi connectivity index (χ1v) is 10.7. The van der Waals surface area contributed by atoms with Crippen molar-refractivity contribution in [2.24, 2.45) is 0 Å². The van der Waals surface area contributed by atoms with Crippen molar-refractivity contribution in [3.63, 3.8) is 0 Å². The summed E-state index contributed by atoms with van der Waals surface area (Å²) in [5.41, 5.74) is 2.59. The van der Waals surface area contributed by atoms with Crippen LogP contribution in [0.4, 0.5) is 5.82 Å². The first kappa shape index (κ1) is 26.2. The number of benzene rings is 1. The van der Waals surface area contributed by atoms with Gasteiger partial charge in [0.15, 0.2) is 11.5 Å². The lowest BCUT2D eigenvalue weighted by atomic mass is 10.1. The van der Waals surface area contributed by atoms with E-state index in [1.165, 1.54) is 6.08 Å². The Morgan fingerprint density at radius 2 is 2.00 bits per heavy atom. The van der Waals surface area contributed by atoms with Gasteiger partial charge < -0.3 is 19.7 Å². The highest BCUT2D eigenvalue weighted by Gasteiger charge is 2.18. The average Bonchev–Trinajstić information content (AvgIpc) is 2.90. The second-order valence-corrected chi connectivity index (χ2v) is 7.63. The smallest absolute Gasteiger partial charge is 0.246 e. The number of amides is 2. The van der Waals surface area contributed by atoms with E-state index in [0.717, 1.165) is 16.7 Å². The Morgan fingerprint density at radius 1 is 1.24 bits per heavy atom. The first-order chi connectivity index (χ1) is 15.4. The SMILES string of the molecule is CCOc1cccc(CN(C)C(=O)/C=C/c2cnc3c(c2)CN(C)CC(=O)N3)c1OCC.Cl. The van der Waals surface area contributed by atoms with Crippen molar-refractivity contribution in [3.8, 4) is 11.5 Å². The predicted molar refractivity (Wildman–Crippen MR) is 131 cm³/mol. The molecule has 3 rings (SSSR count). The molecule has 0 spiro atoms. The lowest BCUT2D eigenvalue weighted by molar-refractivity contribution is -0.125. The van der Waals surface area contributed by atoms with Gasteiger partial charge in [-0.2, -0.15) is 0 Å². The molecule has 0 radical (unpaired) electrons. The predicted octanol–water partition coefficient (Wildman–Crippen LogP) is 3.36. The number of halogens is 1. The molecule has 0 atom stereocenters. The largest absolute Gasteiger partial charge is 0.490 e. The van der Waals surface area contributed by atoms with Crippen molar-refractivity contribution in [3.05, 3.63) is 53.2 Å². The summed E-state index contributed by atoms with van der Waals surface area (Å²) in [6, 6.07) is 7.63. The molecule has 1 aromatic heterocycles. The quantitative estimate of drug-likeness (QED) is 0.591. The topological polar surface area (TPSA) is 84.0 Å². The number of likely N-dealkylation sites (N-methyl/N-ethyl adjacent to an activating group) is 2. The van der Waals surface area contributed by atoms with Gasteiger partial charge in [0, 0.05) is 43.5 Å². The summed E-state index contributed by atoms with van der Waals surface area (Å²) in [4.78, 5) is 32.4. The third kappa shape index (κ3) is 6.94. The van der Waals surface area contributed by atoms with E-state index in [0.29, 0.717) is 50.2 Å². The number of nitrogens with one attached hydrogen (secondary N) is 1. The molecular weight excluding hydrogens is 444 g/mol. The third-order valence-corrected chi connectivity index (χ3v) is 4.95. The third-order valence-electron chi connectivity index (χ3n) is 4.95. The number of hydrogen-bond acceptors (Lipinski definition) is 6. The highest BCUT2D eigenvalue weighted by Crippen LogP contribution is 2.32. The lowest BCUT2D eigenvalue weighted by Gasteiger charge is -2.19. The Balaban J connectivity index is 0.00000385. The second-order valence-electron chi connectivity index (χ2n) is 7.63. The first-order valence-electron chi connectivity index (χ1n) is 10.7. The fourth-order valence-electron chi connectivity index (χ4n) is 3.51. The van der Waals surface area contributed by atoms with E-state index in [4.69, 9.17) is 9.47 Å². The maximum absolute atomic E-state index is 12.7. The molecule has 2 amide bonds. The molecule has 33 heavy (non-hydrogen) atoms. The van der Waals surface area contributed by atoms with E-state index in [-0.39, 0.29) is 24.2 Å². The molecule has 0 saturated heterocycles. The monoisotopic (exact) mass is 474 g/mol. The fourth-order valence-corrected chi connectivity index (χ4v) is 3.51. The molecule has 0 saturated carbocycles. The Kier molecular flexibility index (Phi) is 9.69. The minimum atomic E-state index is -0.144. The summed E-state index contributed by atoms with van der Waals surface area (Å²) in [6.07, 6.45) is 4.90. The van der Waals surface area contributed by atoms with Crippen LogP contribution in [0.5, 0.6) is 11.5 Å². The minimum Gasteiger partial charge on any atom is -0.490 e. The number of aromatic nitrogens is 1. The average molecular weight is 475 g/mol. The Labute approximate surface area is 201 Å². The molecule has 1 aromatic carbocycles. The van der Waals surface area contributed by atoms with Crippen molar-refractivity contribution >= 4 is 36.1 Å². The second kappa shape index (κ2) is 12.2. The number of nitrogens with zero attached hydrogens (tertiary/aromatic N) is 3. The maximum atomic E-state index is 12.7. The number of para-hydroxylation sites is 1. The van der Waals surface area contributed by atoms with Gasteiger partial charge in [0.1, 0.15) is 5.82 Å². The molecule has 0 fully saturated rings. The Hall–Kier alpha value is -3.10.